The summed E-state index contributed by atoms with van der Waals surface area (Å²) in [6.07, 6.45) is 0.884. The fourth-order valence-corrected chi connectivity index (χ4v) is 1.63. The molecule has 2 rings (SSSR count). The molecule has 0 bridgehead atoms. The molecule has 0 spiro atoms. The van der Waals surface area contributed by atoms with Crippen molar-refractivity contribution >= 4 is 5.82 Å². The Balaban J connectivity index is 2.33. The minimum atomic E-state index is -0.479. The summed E-state index contributed by atoms with van der Waals surface area (Å²) in [5, 5.41) is 0. The standard InChI is InChI=1S/C8H12N4O2/c9-5-1-2-12(4-5)6-3-7(13)11-8(14)10-6/h3,5H,1-2,4,9H2,(H2,10,11,13,14)/t5-/m1/s1. The molecule has 0 unspecified atom stereocenters. The van der Waals surface area contributed by atoms with Crippen LogP contribution < -0.4 is 21.9 Å². The van der Waals surface area contributed by atoms with E-state index in [1.807, 2.05) is 4.90 Å². The highest BCUT2D eigenvalue weighted by Gasteiger charge is 2.19. The summed E-state index contributed by atoms with van der Waals surface area (Å²) in [6.45, 7) is 1.46. The van der Waals surface area contributed by atoms with Crippen LogP contribution in [-0.2, 0) is 0 Å². The molecular formula is C8H12N4O2. The zero-order valence-electron chi connectivity index (χ0n) is 7.62. The number of nitrogens with one attached hydrogen (secondary N) is 2. The summed E-state index contributed by atoms with van der Waals surface area (Å²) in [7, 11) is 0. The summed E-state index contributed by atoms with van der Waals surface area (Å²) < 4.78 is 0. The molecule has 4 N–H and O–H groups in total. The van der Waals surface area contributed by atoms with Gasteiger partial charge in [0.2, 0.25) is 0 Å². The summed E-state index contributed by atoms with van der Waals surface area (Å²) in [5.41, 5.74) is 4.86. The van der Waals surface area contributed by atoms with E-state index in [1.54, 1.807) is 0 Å². The summed E-state index contributed by atoms with van der Waals surface area (Å²) in [5.74, 6) is 0.548. The molecule has 1 aliphatic heterocycles. The van der Waals surface area contributed by atoms with E-state index >= 15 is 0 Å². The lowest BCUT2D eigenvalue weighted by Crippen LogP contribution is -2.31. The molecule has 0 amide bonds. The predicted molar refractivity (Wildman–Crippen MR) is 52.5 cm³/mol. The fourth-order valence-electron chi connectivity index (χ4n) is 1.63. The Morgan fingerprint density at radius 3 is 2.79 bits per heavy atom. The third kappa shape index (κ3) is 1.69. The zero-order chi connectivity index (χ0) is 10.1. The highest BCUT2D eigenvalue weighted by atomic mass is 16.2. The molecule has 2 heterocycles. The van der Waals surface area contributed by atoms with E-state index in [9.17, 15) is 9.59 Å². The van der Waals surface area contributed by atoms with Crippen LogP contribution in [-0.4, -0.2) is 29.1 Å². The Morgan fingerprint density at radius 1 is 1.43 bits per heavy atom. The summed E-state index contributed by atoms with van der Waals surface area (Å²) >= 11 is 0. The minimum Gasteiger partial charge on any atom is -0.356 e. The van der Waals surface area contributed by atoms with Crippen molar-refractivity contribution in [3.63, 3.8) is 0 Å². The molecule has 6 heteroatoms. The first kappa shape index (κ1) is 9.01. The molecule has 0 saturated carbocycles. The summed E-state index contributed by atoms with van der Waals surface area (Å²) in [4.78, 5) is 28.6. The van der Waals surface area contributed by atoms with Crippen molar-refractivity contribution in [1.29, 1.82) is 0 Å². The molecule has 1 atom stereocenters. The molecule has 76 valence electrons. The monoisotopic (exact) mass is 196 g/mol. The van der Waals surface area contributed by atoms with Crippen LogP contribution >= 0.6 is 0 Å². The second-order valence-electron chi connectivity index (χ2n) is 3.47. The Kier molecular flexibility index (Phi) is 2.12. The fraction of sp³-hybridized carbons (Fsp3) is 0.500. The highest BCUT2D eigenvalue weighted by molar-refractivity contribution is 5.38. The van der Waals surface area contributed by atoms with Crippen molar-refractivity contribution in [2.24, 2.45) is 5.73 Å². The van der Waals surface area contributed by atoms with Gasteiger partial charge in [-0.25, -0.2) is 4.79 Å². The van der Waals surface area contributed by atoms with Crippen molar-refractivity contribution in [2.75, 3.05) is 18.0 Å². The van der Waals surface area contributed by atoms with Gasteiger partial charge < -0.3 is 10.6 Å². The molecule has 6 nitrogen and oxygen atoms in total. The van der Waals surface area contributed by atoms with Crippen LogP contribution in [0.2, 0.25) is 0 Å². The van der Waals surface area contributed by atoms with Gasteiger partial charge in [0, 0.05) is 25.2 Å². The van der Waals surface area contributed by atoms with Crippen LogP contribution in [0.4, 0.5) is 5.82 Å². The van der Waals surface area contributed by atoms with Crippen LogP contribution in [0, 0.1) is 0 Å². The maximum Gasteiger partial charge on any atom is 0.327 e. The average Bonchev–Trinajstić information content (AvgIpc) is 2.50. The van der Waals surface area contributed by atoms with Gasteiger partial charge in [0.05, 0.1) is 0 Å². The first-order valence-corrected chi connectivity index (χ1v) is 4.49. The lowest BCUT2D eigenvalue weighted by atomic mass is 10.3. The van der Waals surface area contributed by atoms with Crippen molar-refractivity contribution in [3.8, 4) is 0 Å². The quantitative estimate of drug-likeness (QED) is 0.515. The summed E-state index contributed by atoms with van der Waals surface area (Å²) in [6, 6.07) is 1.50. The van der Waals surface area contributed by atoms with Crippen LogP contribution in [0.5, 0.6) is 0 Å². The zero-order valence-corrected chi connectivity index (χ0v) is 7.62. The SMILES string of the molecule is N[C@@H]1CCN(c2cc(=O)[nH]c(=O)[nH]2)C1. The maximum atomic E-state index is 11.0. The molecule has 1 aromatic heterocycles. The molecule has 1 fully saturated rings. The molecule has 1 aliphatic rings. The molecular weight excluding hydrogens is 184 g/mol. The number of anilines is 1. The first-order chi connectivity index (χ1) is 6.65. The van der Waals surface area contributed by atoms with Crippen LogP contribution in [0.15, 0.2) is 15.7 Å². The number of aromatic amines is 2. The number of nitrogens with two attached hydrogens (primary N) is 1. The second kappa shape index (κ2) is 3.30. The maximum absolute atomic E-state index is 11.0. The van der Waals surface area contributed by atoms with E-state index in [4.69, 9.17) is 5.73 Å². The Labute approximate surface area is 79.7 Å². The van der Waals surface area contributed by atoms with E-state index in [-0.39, 0.29) is 11.6 Å². The van der Waals surface area contributed by atoms with Gasteiger partial charge in [0.15, 0.2) is 0 Å². The molecule has 1 saturated heterocycles. The van der Waals surface area contributed by atoms with Gasteiger partial charge >= 0.3 is 5.69 Å². The number of hydrogen-bond donors (Lipinski definition) is 3. The number of hydrogen-bond acceptors (Lipinski definition) is 4. The topological polar surface area (TPSA) is 95.0 Å². The molecule has 1 aromatic rings. The third-order valence-corrected chi connectivity index (χ3v) is 2.31. The van der Waals surface area contributed by atoms with Crippen molar-refractivity contribution < 1.29 is 0 Å². The molecule has 0 aromatic carbocycles. The second-order valence-corrected chi connectivity index (χ2v) is 3.47. The van der Waals surface area contributed by atoms with Gasteiger partial charge in [-0.2, -0.15) is 0 Å². The Bertz CT molecular complexity index is 407. The van der Waals surface area contributed by atoms with Crippen LogP contribution in [0.25, 0.3) is 0 Å². The van der Waals surface area contributed by atoms with Crippen molar-refractivity contribution in [3.05, 3.63) is 26.9 Å². The van der Waals surface area contributed by atoms with Gasteiger partial charge in [0.25, 0.3) is 5.56 Å². The third-order valence-electron chi connectivity index (χ3n) is 2.31. The van der Waals surface area contributed by atoms with E-state index < -0.39 is 5.69 Å². The smallest absolute Gasteiger partial charge is 0.327 e. The van der Waals surface area contributed by atoms with Gasteiger partial charge in [-0.1, -0.05) is 0 Å². The van der Waals surface area contributed by atoms with Gasteiger partial charge in [-0.05, 0) is 6.42 Å². The minimum absolute atomic E-state index is 0.123. The lowest BCUT2D eigenvalue weighted by Gasteiger charge is -2.16. The lowest BCUT2D eigenvalue weighted by molar-refractivity contribution is 0.751. The van der Waals surface area contributed by atoms with Crippen molar-refractivity contribution in [1.82, 2.24) is 9.97 Å². The average molecular weight is 196 g/mol. The number of aromatic nitrogens is 2. The highest BCUT2D eigenvalue weighted by Crippen LogP contribution is 2.13. The number of rotatable bonds is 1. The number of H-pyrrole nitrogens is 2. The largest absolute Gasteiger partial charge is 0.356 e. The Hall–Kier alpha value is -1.56. The van der Waals surface area contributed by atoms with E-state index in [0.29, 0.717) is 12.4 Å². The van der Waals surface area contributed by atoms with Crippen molar-refractivity contribution in [2.45, 2.75) is 12.5 Å². The molecule has 0 radical (unpaired) electrons. The molecule has 0 aliphatic carbocycles. The first-order valence-electron chi connectivity index (χ1n) is 4.49. The van der Waals surface area contributed by atoms with Gasteiger partial charge in [0.1, 0.15) is 5.82 Å². The Morgan fingerprint density at radius 2 is 2.21 bits per heavy atom. The van der Waals surface area contributed by atoms with Gasteiger partial charge in [-0.15, -0.1) is 0 Å². The predicted octanol–water partition coefficient (Wildman–Crippen LogP) is -1.40. The van der Waals surface area contributed by atoms with E-state index in [0.717, 1.165) is 13.0 Å². The molecule has 14 heavy (non-hydrogen) atoms. The normalized spacial score (nSPS) is 21.5. The van der Waals surface area contributed by atoms with Crippen LogP contribution in [0.3, 0.4) is 0 Å². The van der Waals surface area contributed by atoms with Crippen LogP contribution in [0.1, 0.15) is 6.42 Å². The van der Waals surface area contributed by atoms with E-state index in [2.05, 4.69) is 9.97 Å². The number of nitrogens with zero attached hydrogens (tertiary/aromatic N) is 1. The van der Waals surface area contributed by atoms with Gasteiger partial charge in [-0.3, -0.25) is 14.8 Å². The van der Waals surface area contributed by atoms with E-state index in [1.165, 1.54) is 6.07 Å².